The van der Waals surface area contributed by atoms with E-state index in [0.29, 0.717) is 31.9 Å². The third-order valence-corrected chi connectivity index (χ3v) is 7.16. The standard InChI is InChI=1S/C20H21F3N6O3S/c1-27-7-9-28(10-8-27)33(30,31)29(16-3-2-6-24-12-16)13-15-5-4-14(11-17(15)21)19-25-26-20(32-19)18(22)23/h2-6,11-12,18H,7-10,13H2,1H3. The van der Waals surface area contributed by atoms with Gasteiger partial charge in [0, 0.05) is 43.5 Å². The molecule has 2 aromatic heterocycles. The summed E-state index contributed by atoms with van der Waals surface area (Å²) in [6.45, 7) is 1.47. The van der Waals surface area contributed by atoms with Crippen LogP contribution >= 0.6 is 0 Å². The predicted octanol–water partition coefficient (Wildman–Crippen LogP) is 2.71. The van der Waals surface area contributed by atoms with E-state index < -0.39 is 28.3 Å². The van der Waals surface area contributed by atoms with E-state index in [1.807, 2.05) is 11.9 Å². The van der Waals surface area contributed by atoms with Gasteiger partial charge in [-0.05, 0) is 31.3 Å². The monoisotopic (exact) mass is 482 g/mol. The summed E-state index contributed by atoms with van der Waals surface area (Å²) in [5.74, 6) is -1.87. The molecule has 0 atom stereocenters. The summed E-state index contributed by atoms with van der Waals surface area (Å²) in [6, 6.07) is 6.99. The zero-order valence-electron chi connectivity index (χ0n) is 17.6. The van der Waals surface area contributed by atoms with Crippen molar-refractivity contribution in [2.45, 2.75) is 13.0 Å². The first-order chi connectivity index (χ1) is 15.8. The fourth-order valence-corrected chi connectivity index (χ4v) is 4.95. The number of anilines is 1. The first-order valence-corrected chi connectivity index (χ1v) is 11.4. The van der Waals surface area contributed by atoms with Crippen LogP contribution in [-0.4, -0.2) is 66.0 Å². The fourth-order valence-electron chi connectivity index (χ4n) is 3.37. The maximum absolute atomic E-state index is 15.0. The van der Waals surface area contributed by atoms with E-state index >= 15 is 0 Å². The number of pyridine rings is 1. The minimum atomic E-state index is -3.97. The Morgan fingerprint density at radius 1 is 1.15 bits per heavy atom. The molecule has 0 spiro atoms. The lowest BCUT2D eigenvalue weighted by molar-refractivity contribution is 0.116. The van der Waals surface area contributed by atoms with Gasteiger partial charge in [-0.15, -0.1) is 10.2 Å². The molecule has 0 amide bonds. The van der Waals surface area contributed by atoms with E-state index in [9.17, 15) is 21.6 Å². The Kier molecular flexibility index (Phi) is 6.63. The van der Waals surface area contributed by atoms with Gasteiger partial charge in [0.2, 0.25) is 5.89 Å². The number of halogens is 3. The number of piperazine rings is 1. The van der Waals surface area contributed by atoms with E-state index in [2.05, 4.69) is 15.2 Å². The van der Waals surface area contributed by atoms with Gasteiger partial charge in [-0.1, -0.05) is 6.07 Å². The Hall–Kier alpha value is -3.03. The molecule has 3 aromatic rings. The van der Waals surface area contributed by atoms with Crippen molar-refractivity contribution in [3.05, 3.63) is 60.0 Å². The molecule has 0 saturated carbocycles. The van der Waals surface area contributed by atoms with E-state index in [4.69, 9.17) is 4.42 Å². The molecule has 13 heteroatoms. The Morgan fingerprint density at radius 3 is 2.52 bits per heavy atom. The van der Waals surface area contributed by atoms with E-state index in [-0.39, 0.29) is 23.6 Å². The van der Waals surface area contributed by atoms with Crippen LogP contribution < -0.4 is 4.31 Å². The molecule has 1 aromatic carbocycles. The lowest BCUT2D eigenvalue weighted by Gasteiger charge is -2.36. The van der Waals surface area contributed by atoms with Crippen molar-refractivity contribution in [1.82, 2.24) is 24.4 Å². The van der Waals surface area contributed by atoms with E-state index in [1.54, 1.807) is 12.1 Å². The molecular formula is C20H21F3N6O3S. The van der Waals surface area contributed by atoms with Gasteiger partial charge in [-0.2, -0.15) is 21.5 Å². The summed E-state index contributed by atoms with van der Waals surface area (Å²) in [6.07, 6.45) is -0.0369. The molecule has 0 aliphatic carbocycles. The first-order valence-electron chi connectivity index (χ1n) is 10.0. The second-order valence-corrected chi connectivity index (χ2v) is 9.33. The van der Waals surface area contributed by atoms with Crippen molar-refractivity contribution in [3.8, 4) is 11.5 Å². The zero-order valence-corrected chi connectivity index (χ0v) is 18.4. The quantitative estimate of drug-likeness (QED) is 0.511. The average Bonchev–Trinajstić information content (AvgIpc) is 3.30. The first kappa shape index (κ1) is 23.1. The smallest absolute Gasteiger partial charge is 0.314 e. The third kappa shape index (κ3) is 4.99. The second-order valence-electron chi connectivity index (χ2n) is 7.48. The molecule has 176 valence electrons. The van der Waals surface area contributed by atoms with Crippen LogP contribution in [0.1, 0.15) is 17.9 Å². The number of nitrogens with zero attached hydrogens (tertiary/aromatic N) is 6. The molecule has 9 nitrogen and oxygen atoms in total. The van der Waals surface area contributed by atoms with Crippen LogP contribution in [0.5, 0.6) is 0 Å². The molecule has 4 rings (SSSR count). The Bertz CT molecular complexity index is 1200. The SMILES string of the molecule is CN1CCN(S(=O)(=O)N(Cc2ccc(-c3nnc(C(F)F)o3)cc2F)c2cccnc2)CC1. The maximum atomic E-state index is 15.0. The van der Waals surface area contributed by atoms with Gasteiger partial charge in [-0.3, -0.25) is 9.29 Å². The van der Waals surface area contributed by atoms with Crippen LogP contribution in [0.25, 0.3) is 11.5 Å². The van der Waals surface area contributed by atoms with Gasteiger partial charge in [0.25, 0.3) is 5.89 Å². The molecule has 0 N–H and O–H groups in total. The highest BCUT2D eigenvalue weighted by Crippen LogP contribution is 2.28. The number of aromatic nitrogens is 3. The summed E-state index contributed by atoms with van der Waals surface area (Å²) in [5, 5.41) is 6.73. The number of hydrogen-bond donors (Lipinski definition) is 0. The third-order valence-electron chi connectivity index (χ3n) is 5.24. The summed E-state index contributed by atoms with van der Waals surface area (Å²) in [7, 11) is -2.06. The van der Waals surface area contributed by atoms with E-state index in [0.717, 1.165) is 10.4 Å². The number of benzene rings is 1. The van der Waals surface area contributed by atoms with E-state index in [1.165, 1.54) is 28.8 Å². The van der Waals surface area contributed by atoms with Crippen LogP contribution in [0.3, 0.4) is 0 Å². The van der Waals surface area contributed by atoms with Crippen molar-refractivity contribution in [2.75, 3.05) is 37.5 Å². The van der Waals surface area contributed by atoms with Crippen LogP contribution in [0.4, 0.5) is 18.9 Å². The van der Waals surface area contributed by atoms with Gasteiger partial charge < -0.3 is 9.32 Å². The highest BCUT2D eigenvalue weighted by Gasteiger charge is 2.33. The number of hydrogen-bond acceptors (Lipinski definition) is 7. The highest BCUT2D eigenvalue weighted by molar-refractivity contribution is 7.90. The van der Waals surface area contributed by atoms with Gasteiger partial charge in [-0.25, -0.2) is 4.39 Å². The van der Waals surface area contributed by atoms with Crippen LogP contribution in [0.2, 0.25) is 0 Å². The largest absolute Gasteiger partial charge is 0.415 e. The number of likely N-dealkylation sites (N-methyl/N-ethyl adjacent to an activating group) is 1. The van der Waals surface area contributed by atoms with Crippen molar-refractivity contribution < 1.29 is 26.0 Å². The van der Waals surface area contributed by atoms with Gasteiger partial charge in [0.1, 0.15) is 5.82 Å². The lowest BCUT2D eigenvalue weighted by Crippen LogP contribution is -2.52. The second kappa shape index (κ2) is 9.45. The zero-order chi connectivity index (χ0) is 23.6. The molecule has 1 fully saturated rings. The summed E-state index contributed by atoms with van der Waals surface area (Å²) in [5.41, 5.74) is 0.470. The molecule has 1 aliphatic rings. The van der Waals surface area contributed by atoms with Crippen molar-refractivity contribution in [1.29, 1.82) is 0 Å². The lowest BCUT2D eigenvalue weighted by atomic mass is 10.1. The Balaban J connectivity index is 1.64. The van der Waals surface area contributed by atoms with Gasteiger partial charge >= 0.3 is 16.6 Å². The topological polar surface area (TPSA) is 95.7 Å². The number of rotatable bonds is 7. The molecule has 1 aliphatic heterocycles. The highest BCUT2D eigenvalue weighted by atomic mass is 32.2. The van der Waals surface area contributed by atoms with Crippen molar-refractivity contribution >= 4 is 15.9 Å². The van der Waals surface area contributed by atoms with Gasteiger partial charge in [0.05, 0.1) is 18.4 Å². The fraction of sp³-hybridized carbons (Fsp3) is 0.350. The van der Waals surface area contributed by atoms with Crippen LogP contribution in [0, 0.1) is 5.82 Å². The normalized spacial score (nSPS) is 15.8. The van der Waals surface area contributed by atoms with Crippen LogP contribution in [0.15, 0.2) is 47.1 Å². The predicted molar refractivity (Wildman–Crippen MR) is 113 cm³/mol. The minimum Gasteiger partial charge on any atom is -0.415 e. The molecule has 0 bridgehead atoms. The molecular weight excluding hydrogens is 461 g/mol. The molecule has 0 unspecified atom stereocenters. The molecule has 33 heavy (non-hydrogen) atoms. The summed E-state index contributed by atoms with van der Waals surface area (Å²) < 4.78 is 74.5. The Labute approximate surface area is 188 Å². The van der Waals surface area contributed by atoms with Crippen molar-refractivity contribution in [3.63, 3.8) is 0 Å². The van der Waals surface area contributed by atoms with Crippen molar-refractivity contribution in [2.24, 2.45) is 0 Å². The molecule has 1 saturated heterocycles. The van der Waals surface area contributed by atoms with Gasteiger partial charge in [0.15, 0.2) is 0 Å². The average molecular weight is 482 g/mol. The maximum Gasteiger partial charge on any atom is 0.314 e. The molecule has 0 radical (unpaired) electrons. The summed E-state index contributed by atoms with van der Waals surface area (Å²) >= 11 is 0. The minimum absolute atomic E-state index is 0.0777. The van der Waals surface area contributed by atoms with Crippen LogP contribution in [-0.2, 0) is 16.8 Å². The number of alkyl halides is 2. The summed E-state index contributed by atoms with van der Waals surface area (Å²) in [4.78, 5) is 6.02. The Morgan fingerprint density at radius 2 is 1.91 bits per heavy atom. The molecule has 3 heterocycles.